The number of likely N-dealkylation sites (N-methyl/N-ethyl adjacent to an activating group) is 1. The standard InChI is InChI=1S/C15H17BrN2O3/c1-4-5-21-14-12(16)7-10(8-13(14)20-3)6-11(9-17)15(19)18-2/h6-8H,4-5H2,1-3H3,(H,18,19)/b11-6+. The van der Waals surface area contributed by atoms with Gasteiger partial charge in [0.15, 0.2) is 11.5 Å². The molecule has 112 valence electrons. The van der Waals surface area contributed by atoms with Crippen molar-refractivity contribution in [3.8, 4) is 17.6 Å². The highest BCUT2D eigenvalue weighted by Crippen LogP contribution is 2.37. The predicted molar refractivity (Wildman–Crippen MR) is 84.1 cm³/mol. The number of methoxy groups -OCH3 is 1. The molecule has 1 amide bonds. The van der Waals surface area contributed by atoms with Crippen LogP contribution in [0.1, 0.15) is 18.9 Å². The molecule has 0 radical (unpaired) electrons. The fourth-order valence-corrected chi connectivity index (χ4v) is 2.19. The molecule has 1 aromatic carbocycles. The molecule has 0 aromatic heterocycles. The second-order valence-corrected chi connectivity index (χ2v) is 4.99. The summed E-state index contributed by atoms with van der Waals surface area (Å²) in [5.41, 5.74) is 0.691. The second-order valence-electron chi connectivity index (χ2n) is 4.13. The molecule has 0 aliphatic carbocycles. The topological polar surface area (TPSA) is 71.3 Å². The number of halogens is 1. The zero-order valence-electron chi connectivity index (χ0n) is 12.2. The van der Waals surface area contributed by atoms with Crippen LogP contribution in [0.2, 0.25) is 0 Å². The number of nitrogens with one attached hydrogen (secondary N) is 1. The molecule has 1 aromatic rings. The van der Waals surface area contributed by atoms with Crippen molar-refractivity contribution in [2.45, 2.75) is 13.3 Å². The highest BCUT2D eigenvalue weighted by Gasteiger charge is 2.12. The first kappa shape index (κ1) is 17.1. The van der Waals surface area contributed by atoms with Gasteiger partial charge < -0.3 is 14.8 Å². The van der Waals surface area contributed by atoms with Crippen molar-refractivity contribution in [1.82, 2.24) is 5.32 Å². The third kappa shape index (κ3) is 4.50. The molecule has 0 unspecified atom stereocenters. The Kier molecular flexibility index (Phi) is 6.76. The molecule has 0 heterocycles. The van der Waals surface area contributed by atoms with E-state index in [0.717, 1.165) is 6.42 Å². The van der Waals surface area contributed by atoms with Crippen molar-refractivity contribution < 1.29 is 14.3 Å². The van der Waals surface area contributed by atoms with Crippen LogP contribution in [0.3, 0.4) is 0 Å². The van der Waals surface area contributed by atoms with Gasteiger partial charge in [0.1, 0.15) is 11.6 Å². The summed E-state index contributed by atoms with van der Waals surface area (Å²) in [6.07, 6.45) is 2.38. The van der Waals surface area contributed by atoms with E-state index in [1.807, 2.05) is 13.0 Å². The van der Waals surface area contributed by atoms with Crippen molar-refractivity contribution in [1.29, 1.82) is 5.26 Å². The minimum atomic E-state index is -0.432. The summed E-state index contributed by atoms with van der Waals surface area (Å²) in [6, 6.07) is 5.36. The lowest BCUT2D eigenvalue weighted by Gasteiger charge is -2.13. The van der Waals surface area contributed by atoms with Gasteiger partial charge in [-0.05, 0) is 46.1 Å². The minimum absolute atomic E-state index is 0.0219. The highest BCUT2D eigenvalue weighted by atomic mass is 79.9. The first-order chi connectivity index (χ1) is 10.1. The van der Waals surface area contributed by atoms with Gasteiger partial charge >= 0.3 is 0 Å². The van der Waals surface area contributed by atoms with E-state index >= 15 is 0 Å². The SMILES string of the molecule is CCCOc1c(Br)cc(/C=C(\C#N)C(=O)NC)cc1OC. The van der Waals surface area contributed by atoms with Gasteiger partial charge in [-0.1, -0.05) is 6.92 Å². The lowest BCUT2D eigenvalue weighted by Crippen LogP contribution is -2.19. The Balaban J connectivity index is 3.22. The average Bonchev–Trinajstić information content (AvgIpc) is 2.50. The van der Waals surface area contributed by atoms with E-state index in [9.17, 15) is 4.79 Å². The number of nitrogens with zero attached hydrogens (tertiary/aromatic N) is 1. The molecule has 6 heteroatoms. The smallest absolute Gasteiger partial charge is 0.261 e. The molecule has 0 atom stereocenters. The largest absolute Gasteiger partial charge is 0.493 e. The molecule has 0 spiro atoms. The van der Waals surface area contributed by atoms with Crippen LogP contribution >= 0.6 is 15.9 Å². The first-order valence-electron chi connectivity index (χ1n) is 6.41. The van der Waals surface area contributed by atoms with Crippen LogP contribution in [-0.2, 0) is 4.79 Å². The second kappa shape index (κ2) is 8.32. The Morgan fingerprint density at radius 3 is 2.76 bits per heavy atom. The van der Waals surface area contributed by atoms with Crippen molar-refractivity contribution in [2.24, 2.45) is 0 Å². The zero-order valence-corrected chi connectivity index (χ0v) is 13.8. The predicted octanol–water partition coefficient (Wildman–Crippen LogP) is 2.90. The van der Waals surface area contributed by atoms with E-state index in [1.54, 1.807) is 12.1 Å². The number of nitriles is 1. The summed E-state index contributed by atoms with van der Waals surface area (Å²) in [5, 5.41) is 11.4. The van der Waals surface area contributed by atoms with Crippen LogP contribution in [0.5, 0.6) is 11.5 Å². The summed E-state index contributed by atoms with van der Waals surface area (Å²) >= 11 is 3.42. The molecule has 0 aliphatic rings. The van der Waals surface area contributed by atoms with Crippen molar-refractivity contribution in [2.75, 3.05) is 20.8 Å². The van der Waals surface area contributed by atoms with E-state index < -0.39 is 5.91 Å². The van der Waals surface area contributed by atoms with Gasteiger partial charge in [-0.3, -0.25) is 4.79 Å². The van der Waals surface area contributed by atoms with Crippen LogP contribution in [-0.4, -0.2) is 26.7 Å². The quantitative estimate of drug-likeness (QED) is 0.631. The lowest BCUT2D eigenvalue weighted by molar-refractivity contribution is -0.116. The number of ether oxygens (including phenoxy) is 2. The third-order valence-corrected chi connectivity index (χ3v) is 3.19. The molecule has 5 nitrogen and oxygen atoms in total. The maximum atomic E-state index is 11.5. The summed E-state index contributed by atoms with van der Waals surface area (Å²) in [4.78, 5) is 11.5. The van der Waals surface area contributed by atoms with Gasteiger partial charge in [-0.2, -0.15) is 5.26 Å². The van der Waals surface area contributed by atoms with Gasteiger partial charge in [0.05, 0.1) is 18.2 Å². The van der Waals surface area contributed by atoms with Gasteiger partial charge in [0.25, 0.3) is 5.91 Å². The summed E-state index contributed by atoms with van der Waals surface area (Å²) < 4.78 is 11.6. The van der Waals surface area contributed by atoms with Crippen LogP contribution < -0.4 is 14.8 Å². The maximum absolute atomic E-state index is 11.5. The van der Waals surface area contributed by atoms with E-state index in [1.165, 1.54) is 20.2 Å². The highest BCUT2D eigenvalue weighted by molar-refractivity contribution is 9.10. The van der Waals surface area contributed by atoms with Gasteiger partial charge in [0, 0.05) is 7.05 Å². The fraction of sp³-hybridized carbons (Fsp3) is 0.333. The van der Waals surface area contributed by atoms with Crippen molar-refractivity contribution in [3.05, 3.63) is 27.7 Å². The Bertz CT molecular complexity index is 591. The Morgan fingerprint density at radius 2 is 2.24 bits per heavy atom. The van der Waals surface area contributed by atoms with E-state index in [2.05, 4.69) is 21.2 Å². The Morgan fingerprint density at radius 1 is 1.52 bits per heavy atom. The monoisotopic (exact) mass is 352 g/mol. The Labute approximate surface area is 132 Å². The van der Waals surface area contributed by atoms with E-state index in [4.69, 9.17) is 14.7 Å². The molecular formula is C15H17BrN2O3. The first-order valence-corrected chi connectivity index (χ1v) is 7.20. The molecule has 21 heavy (non-hydrogen) atoms. The molecule has 0 saturated carbocycles. The number of carbonyl (C=O) groups is 1. The molecular weight excluding hydrogens is 336 g/mol. The van der Waals surface area contributed by atoms with Crippen LogP contribution in [0, 0.1) is 11.3 Å². The van der Waals surface area contributed by atoms with Gasteiger partial charge in [0.2, 0.25) is 0 Å². The minimum Gasteiger partial charge on any atom is -0.493 e. The maximum Gasteiger partial charge on any atom is 0.261 e. The zero-order chi connectivity index (χ0) is 15.8. The van der Waals surface area contributed by atoms with Crippen LogP contribution in [0.15, 0.2) is 22.2 Å². The summed E-state index contributed by atoms with van der Waals surface area (Å²) in [6.45, 7) is 2.59. The number of hydrogen-bond donors (Lipinski definition) is 1. The van der Waals surface area contributed by atoms with Crippen LogP contribution in [0.4, 0.5) is 0 Å². The summed E-state index contributed by atoms with van der Waals surface area (Å²) in [7, 11) is 3.02. The fourth-order valence-electron chi connectivity index (χ4n) is 1.62. The summed E-state index contributed by atoms with van der Waals surface area (Å²) in [5.74, 6) is 0.715. The molecule has 1 N–H and O–H groups in total. The number of rotatable bonds is 6. The number of amides is 1. The number of benzene rings is 1. The van der Waals surface area contributed by atoms with Gasteiger partial charge in [-0.15, -0.1) is 0 Å². The molecule has 0 fully saturated rings. The third-order valence-electron chi connectivity index (χ3n) is 2.61. The number of hydrogen-bond acceptors (Lipinski definition) is 4. The molecule has 0 saturated heterocycles. The molecule has 0 bridgehead atoms. The average molecular weight is 353 g/mol. The van der Waals surface area contributed by atoms with Crippen molar-refractivity contribution in [3.63, 3.8) is 0 Å². The number of carbonyl (C=O) groups excluding carboxylic acids is 1. The molecule has 1 rings (SSSR count). The van der Waals surface area contributed by atoms with Crippen LogP contribution in [0.25, 0.3) is 6.08 Å². The van der Waals surface area contributed by atoms with Crippen molar-refractivity contribution >= 4 is 27.9 Å². The van der Waals surface area contributed by atoms with Gasteiger partial charge in [-0.25, -0.2) is 0 Å². The van der Waals surface area contributed by atoms with E-state index in [-0.39, 0.29) is 5.57 Å². The van der Waals surface area contributed by atoms with E-state index in [0.29, 0.717) is 28.1 Å². The Hall–Kier alpha value is -2.00. The normalized spacial score (nSPS) is 10.7. The molecule has 0 aliphatic heterocycles. The lowest BCUT2D eigenvalue weighted by atomic mass is 10.1.